The summed E-state index contributed by atoms with van der Waals surface area (Å²) in [4.78, 5) is 11.9. The summed E-state index contributed by atoms with van der Waals surface area (Å²) in [5.41, 5.74) is 1.26. The van der Waals surface area contributed by atoms with E-state index in [1.807, 2.05) is 11.6 Å². The molecule has 0 saturated carbocycles. The van der Waals surface area contributed by atoms with Gasteiger partial charge in [-0.3, -0.25) is 4.79 Å². The molecule has 0 bridgehead atoms. The van der Waals surface area contributed by atoms with Gasteiger partial charge in [0.25, 0.3) is 15.9 Å². The maximum atomic E-state index is 12.0. The van der Waals surface area contributed by atoms with Crippen molar-refractivity contribution in [3.8, 4) is 0 Å². The Morgan fingerprint density at radius 1 is 0.947 bits per heavy atom. The molecule has 4 nitrogen and oxygen atoms in total. The number of carbonyl (C=O) groups excluding carboxylic acids is 1. The van der Waals surface area contributed by atoms with Crippen molar-refractivity contribution in [3.63, 3.8) is 0 Å². The van der Waals surface area contributed by atoms with Crippen LogP contribution in [0.5, 0.6) is 0 Å². The second kappa shape index (κ2) is 5.24. The second-order valence-electron chi connectivity index (χ2n) is 4.11. The summed E-state index contributed by atoms with van der Waals surface area (Å²) < 4.78 is 26.0. The Bertz CT molecular complexity index is 676. The third-order valence-corrected chi connectivity index (χ3v) is 3.94. The monoisotopic (exact) mass is 275 g/mol. The van der Waals surface area contributed by atoms with E-state index >= 15 is 0 Å². The highest BCUT2D eigenvalue weighted by Gasteiger charge is 2.18. The maximum Gasteiger partial charge on any atom is 0.264 e. The van der Waals surface area contributed by atoms with Gasteiger partial charge in [0, 0.05) is 5.56 Å². The number of rotatable bonds is 3. The van der Waals surface area contributed by atoms with E-state index in [0.29, 0.717) is 5.56 Å². The minimum absolute atomic E-state index is 0.0716. The molecule has 0 heterocycles. The van der Waals surface area contributed by atoms with Gasteiger partial charge in [-0.15, -0.1) is 0 Å². The molecule has 0 fully saturated rings. The number of amides is 1. The zero-order valence-electron chi connectivity index (χ0n) is 10.3. The molecule has 98 valence electrons. The maximum absolute atomic E-state index is 12.0. The van der Waals surface area contributed by atoms with E-state index in [1.165, 1.54) is 12.1 Å². The van der Waals surface area contributed by atoms with Gasteiger partial charge >= 0.3 is 0 Å². The smallest absolute Gasteiger partial charge is 0.264 e. The summed E-state index contributed by atoms with van der Waals surface area (Å²) in [6.07, 6.45) is 0. The molecule has 2 rings (SSSR count). The zero-order chi connectivity index (χ0) is 13.9. The molecule has 1 N–H and O–H groups in total. The van der Waals surface area contributed by atoms with Crippen LogP contribution in [0.15, 0.2) is 59.5 Å². The standard InChI is InChI=1S/C14H13NO3S/c1-11-7-9-13(10-8-11)19(17,18)15-14(16)12-5-3-2-4-6-12/h2-10H,1H3,(H,15,16). The SMILES string of the molecule is Cc1ccc(S(=O)(=O)NC(=O)c2ccccc2)cc1. The van der Waals surface area contributed by atoms with Crippen molar-refractivity contribution in [1.29, 1.82) is 0 Å². The summed E-state index contributed by atoms with van der Waals surface area (Å²) in [6, 6.07) is 14.5. The van der Waals surface area contributed by atoms with Gasteiger partial charge in [0.05, 0.1) is 4.90 Å². The van der Waals surface area contributed by atoms with Crippen LogP contribution in [-0.4, -0.2) is 14.3 Å². The average molecular weight is 275 g/mol. The van der Waals surface area contributed by atoms with Crippen molar-refractivity contribution in [2.45, 2.75) is 11.8 Å². The topological polar surface area (TPSA) is 63.2 Å². The normalized spacial score (nSPS) is 11.0. The van der Waals surface area contributed by atoms with Gasteiger partial charge in [-0.2, -0.15) is 0 Å². The van der Waals surface area contributed by atoms with Crippen LogP contribution in [0, 0.1) is 6.92 Å². The lowest BCUT2D eigenvalue weighted by atomic mass is 10.2. The lowest BCUT2D eigenvalue weighted by Gasteiger charge is -2.07. The van der Waals surface area contributed by atoms with Gasteiger partial charge in [-0.05, 0) is 31.2 Å². The van der Waals surface area contributed by atoms with Crippen molar-refractivity contribution in [2.24, 2.45) is 0 Å². The first-order valence-electron chi connectivity index (χ1n) is 5.68. The lowest BCUT2D eigenvalue weighted by Crippen LogP contribution is -2.30. The van der Waals surface area contributed by atoms with Crippen LogP contribution in [0.1, 0.15) is 15.9 Å². The number of benzene rings is 2. The molecule has 0 aliphatic heterocycles. The molecule has 0 saturated heterocycles. The van der Waals surface area contributed by atoms with Crippen LogP contribution in [0.4, 0.5) is 0 Å². The fraction of sp³-hybridized carbons (Fsp3) is 0.0714. The number of hydrogen-bond acceptors (Lipinski definition) is 3. The van der Waals surface area contributed by atoms with Gasteiger partial charge in [-0.1, -0.05) is 35.9 Å². The van der Waals surface area contributed by atoms with Gasteiger partial charge in [0.2, 0.25) is 0 Å². The predicted molar refractivity (Wildman–Crippen MR) is 72.3 cm³/mol. The van der Waals surface area contributed by atoms with Crippen LogP contribution < -0.4 is 4.72 Å². The lowest BCUT2D eigenvalue weighted by molar-refractivity contribution is 0.0981. The highest BCUT2D eigenvalue weighted by Crippen LogP contribution is 2.10. The largest absolute Gasteiger partial charge is 0.268 e. The van der Waals surface area contributed by atoms with E-state index in [0.717, 1.165) is 5.56 Å². The first-order valence-corrected chi connectivity index (χ1v) is 7.16. The fourth-order valence-corrected chi connectivity index (χ4v) is 2.52. The highest BCUT2D eigenvalue weighted by atomic mass is 32.2. The highest BCUT2D eigenvalue weighted by molar-refractivity contribution is 7.90. The molecular formula is C14H13NO3S. The number of sulfonamides is 1. The second-order valence-corrected chi connectivity index (χ2v) is 5.80. The molecule has 0 aliphatic carbocycles. The fourth-order valence-electron chi connectivity index (χ4n) is 1.55. The van der Waals surface area contributed by atoms with Crippen molar-refractivity contribution in [3.05, 3.63) is 65.7 Å². The molecule has 0 spiro atoms. The predicted octanol–water partition coefficient (Wildman–Crippen LogP) is 2.11. The third-order valence-electron chi connectivity index (χ3n) is 2.59. The summed E-state index contributed by atoms with van der Waals surface area (Å²) in [6.45, 7) is 1.86. The van der Waals surface area contributed by atoms with E-state index < -0.39 is 15.9 Å². The van der Waals surface area contributed by atoms with Gasteiger partial charge < -0.3 is 0 Å². The summed E-state index contributed by atoms with van der Waals surface area (Å²) in [7, 11) is -3.82. The molecule has 0 aromatic heterocycles. The number of carbonyl (C=O) groups is 1. The third kappa shape index (κ3) is 3.20. The molecule has 2 aromatic rings. The van der Waals surface area contributed by atoms with Crippen molar-refractivity contribution in [2.75, 3.05) is 0 Å². The van der Waals surface area contributed by atoms with Crippen molar-refractivity contribution < 1.29 is 13.2 Å². The first-order chi connectivity index (χ1) is 8.99. The van der Waals surface area contributed by atoms with E-state index in [1.54, 1.807) is 42.5 Å². The Morgan fingerprint density at radius 3 is 2.11 bits per heavy atom. The van der Waals surface area contributed by atoms with Crippen LogP contribution in [0.2, 0.25) is 0 Å². The molecule has 19 heavy (non-hydrogen) atoms. The van der Waals surface area contributed by atoms with E-state index in [-0.39, 0.29) is 4.90 Å². The Morgan fingerprint density at radius 2 is 1.53 bits per heavy atom. The Kier molecular flexibility index (Phi) is 3.66. The minimum Gasteiger partial charge on any atom is -0.268 e. The molecule has 1 amide bonds. The van der Waals surface area contributed by atoms with Crippen LogP contribution >= 0.6 is 0 Å². The molecular weight excluding hydrogens is 262 g/mol. The molecule has 0 radical (unpaired) electrons. The van der Waals surface area contributed by atoms with E-state index in [9.17, 15) is 13.2 Å². The van der Waals surface area contributed by atoms with Gasteiger partial charge in [0.15, 0.2) is 0 Å². The quantitative estimate of drug-likeness (QED) is 0.933. The van der Waals surface area contributed by atoms with Crippen LogP contribution in [-0.2, 0) is 10.0 Å². The summed E-state index contributed by atoms with van der Waals surface area (Å²) in [5.74, 6) is -0.638. The van der Waals surface area contributed by atoms with E-state index in [2.05, 4.69) is 0 Å². The van der Waals surface area contributed by atoms with Crippen molar-refractivity contribution >= 4 is 15.9 Å². The van der Waals surface area contributed by atoms with Gasteiger partial charge in [0.1, 0.15) is 0 Å². The molecule has 0 unspecified atom stereocenters. The number of aryl methyl sites for hydroxylation is 1. The number of hydrogen-bond donors (Lipinski definition) is 1. The van der Waals surface area contributed by atoms with Crippen molar-refractivity contribution in [1.82, 2.24) is 4.72 Å². The Labute approximate surface area is 112 Å². The minimum atomic E-state index is -3.82. The average Bonchev–Trinajstić information content (AvgIpc) is 2.40. The summed E-state index contributed by atoms with van der Waals surface area (Å²) >= 11 is 0. The van der Waals surface area contributed by atoms with Crippen LogP contribution in [0.25, 0.3) is 0 Å². The van der Waals surface area contributed by atoms with Gasteiger partial charge in [-0.25, -0.2) is 13.1 Å². The zero-order valence-corrected chi connectivity index (χ0v) is 11.1. The molecule has 5 heteroatoms. The van der Waals surface area contributed by atoms with E-state index in [4.69, 9.17) is 0 Å². The van der Waals surface area contributed by atoms with Crippen LogP contribution in [0.3, 0.4) is 0 Å². The number of nitrogens with one attached hydrogen (secondary N) is 1. The molecule has 2 aromatic carbocycles. The Hall–Kier alpha value is -2.14. The summed E-state index contributed by atoms with van der Waals surface area (Å²) in [5, 5.41) is 0. The molecule has 0 aliphatic rings. The molecule has 0 atom stereocenters. The Balaban J connectivity index is 2.23. The first kappa shape index (κ1) is 13.3.